The molecule has 0 aliphatic heterocycles. The van der Waals surface area contributed by atoms with Gasteiger partial charge in [-0.2, -0.15) is 0 Å². The molecule has 56 valence electrons. The average molecular weight is 152 g/mol. The number of rotatable bonds is 4. The van der Waals surface area contributed by atoms with Crippen LogP contribution < -0.4 is 0 Å². The molecule has 0 aromatic carbocycles. The molecule has 4 heteroatoms. The lowest BCUT2D eigenvalue weighted by Crippen LogP contribution is -2.00. The van der Waals surface area contributed by atoms with Crippen LogP contribution >= 0.6 is 7.14 Å². The van der Waals surface area contributed by atoms with E-state index in [1.807, 2.05) is 0 Å². The number of hydrogen-bond donors (Lipinski definition) is 2. The Bertz CT molecular complexity index is 103. The molecule has 0 aromatic rings. The second-order valence-electron chi connectivity index (χ2n) is 2.19. The zero-order chi connectivity index (χ0) is 7.33. The minimum absolute atomic E-state index is 0.0478. The SMILES string of the molecule is CP(=O)(CCO)CCO. The maximum atomic E-state index is 11.1. The molecule has 0 radical (unpaired) electrons. The van der Waals surface area contributed by atoms with Crippen LogP contribution in [0.5, 0.6) is 0 Å². The van der Waals surface area contributed by atoms with Crippen molar-refractivity contribution in [2.75, 3.05) is 32.2 Å². The van der Waals surface area contributed by atoms with E-state index >= 15 is 0 Å². The second-order valence-corrected chi connectivity index (χ2v) is 5.68. The molecule has 0 fully saturated rings. The van der Waals surface area contributed by atoms with E-state index in [2.05, 4.69) is 0 Å². The highest BCUT2D eigenvalue weighted by Gasteiger charge is 2.12. The molecule has 0 atom stereocenters. The summed E-state index contributed by atoms with van der Waals surface area (Å²) in [6.07, 6.45) is 0.654. The topological polar surface area (TPSA) is 57.5 Å². The van der Waals surface area contributed by atoms with Gasteiger partial charge in [-0.1, -0.05) is 0 Å². The predicted molar refractivity (Wildman–Crippen MR) is 37.4 cm³/mol. The fourth-order valence-electron chi connectivity index (χ4n) is 0.535. The first-order chi connectivity index (χ1) is 4.12. The fraction of sp³-hybridized carbons (Fsp3) is 1.00. The Kier molecular flexibility index (Phi) is 4.11. The fourth-order valence-corrected chi connectivity index (χ4v) is 1.60. The van der Waals surface area contributed by atoms with Crippen molar-refractivity contribution in [1.82, 2.24) is 0 Å². The maximum Gasteiger partial charge on any atom is 0.0893 e. The first kappa shape index (κ1) is 9.15. The molecule has 0 aliphatic rings. The largest absolute Gasteiger partial charge is 0.396 e. The molecule has 0 aliphatic carbocycles. The van der Waals surface area contributed by atoms with Gasteiger partial charge in [-0.25, -0.2) is 0 Å². The Balaban J connectivity index is 3.58. The zero-order valence-corrected chi connectivity index (χ0v) is 6.47. The highest BCUT2D eigenvalue weighted by Crippen LogP contribution is 2.39. The summed E-state index contributed by atoms with van der Waals surface area (Å²) in [5.74, 6) is 0. The van der Waals surface area contributed by atoms with Crippen molar-refractivity contribution in [3.8, 4) is 0 Å². The molecule has 0 saturated heterocycles. The highest BCUT2D eigenvalue weighted by molar-refractivity contribution is 7.63. The van der Waals surface area contributed by atoms with Gasteiger partial charge >= 0.3 is 0 Å². The highest BCUT2D eigenvalue weighted by atomic mass is 31.2. The van der Waals surface area contributed by atoms with Crippen LogP contribution in [0.1, 0.15) is 0 Å². The Labute approximate surface area is 55.1 Å². The lowest BCUT2D eigenvalue weighted by atomic mass is 10.9. The van der Waals surface area contributed by atoms with Gasteiger partial charge < -0.3 is 14.8 Å². The third-order valence-corrected chi connectivity index (χ3v) is 3.44. The van der Waals surface area contributed by atoms with Crippen LogP contribution in [-0.2, 0) is 4.57 Å². The molecule has 3 nitrogen and oxygen atoms in total. The summed E-state index contributed by atoms with van der Waals surface area (Å²) in [5.41, 5.74) is 0. The normalized spacial score (nSPS) is 11.9. The summed E-state index contributed by atoms with van der Waals surface area (Å²) in [7, 11) is -2.19. The number of aliphatic hydroxyl groups excluding tert-OH is 2. The van der Waals surface area contributed by atoms with Crippen molar-refractivity contribution >= 4 is 7.14 Å². The first-order valence-corrected chi connectivity index (χ1v) is 5.42. The predicted octanol–water partition coefficient (Wildman–Crippen LogP) is -0.0361. The molecule has 0 amide bonds. The van der Waals surface area contributed by atoms with Gasteiger partial charge in [-0.05, 0) is 6.66 Å². The third kappa shape index (κ3) is 4.64. The van der Waals surface area contributed by atoms with E-state index in [1.165, 1.54) is 0 Å². The minimum Gasteiger partial charge on any atom is -0.396 e. The second kappa shape index (κ2) is 4.04. The van der Waals surface area contributed by atoms with E-state index < -0.39 is 7.14 Å². The van der Waals surface area contributed by atoms with Gasteiger partial charge in [0.1, 0.15) is 0 Å². The van der Waals surface area contributed by atoms with E-state index in [4.69, 9.17) is 10.2 Å². The molecular formula is C5H13O3P. The standard InChI is InChI=1S/C5H13O3P/c1-9(8,4-2-6)5-3-7/h6-7H,2-5H2,1H3. The molecule has 9 heavy (non-hydrogen) atoms. The average Bonchev–Trinajstić information content (AvgIpc) is 1.64. The Hall–Kier alpha value is 0.150. The lowest BCUT2D eigenvalue weighted by Gasteiger charge is -2.07. The summed E-state index contributed by atoms with van der Waals surface area (Å²) in [5, 5.41) is 16.7. The van der Waals surface area contributed by atoms with Crippen molar-refractivity contribution in [3.63, 3.8) is 0 Å². The van der Waals surface area contributed by atoms with Gasteiger partial charge in [0.05, 0.1) is 7.14 Å². The van der Waals surface area contributed by atoms with Gasteiger partial charge in [-0.15, -0.1) is 0 Å². The van der Waals surface area contributed by atoms with Crippen molar-refractivity contribution in [3.05, 3.63) is 0 Å². The van der Waals surface area contributed by atoms with Crippen LogP contribution in [0.3, 0.4) is 0 Å². The molecule has 0 unspecified atom stereocenters. The Morgan fingerprint density at radius 1 is 1.22 bits per heavy atom. The van der Waals surface area contributed by atoms with E-state index in [0.717, 1.165) is 0 Å². The monoisotopic (exact) mass is 152 g/mol. The van der Waals surface area contributed by atoms with E-state index in [1.54, 1.807) is 6.66 Å². The van der Waals surface area contributed by atoms with Gasteiger partial charge in [0.25, 0.3) is 0 Å². The van der Waals surface area contributed by atoms with Crippen molar-refractivity contribution < 1.29 is 14.8 Å². The Morgan fingerprint density at radius 2 is 1.56 bits per heavy atom. The smallest absolute Gasteiger partial charge is 0.0893 e. The van der Waals surface area contributed by atoms with Crippen molar-refractivity contribution in [2.24, 2.45) is 0 Å². The summed E-state index contributed by atoms with van der Waals surface area (Å²) < 4.78 is 11.1. The molecule has 0 aromatic heterocycles. The molecular weight excluding hydrogens is 139 g/mol. The van der Waals surface area contributed by atoms with Crippen LogP contribution in [-0.4, -0.2) is 42.4 Å². The lowest BCUT2D eigenvalue weighted by molar-refractivity contribution is 0.312. The van der Waals surface area contributed by atoms with Gasteiger partial charge in [-0.3, -0.25) is 0 Å². The van der Waals surface area contributed by atoms with Gasteiger partial charge in [0.15, 0.2) is 0 Å². The molecule has 0 heterocycles. The van der Waals surface area contributed by atoms with E-state index in [0.29, 0.717) is 12.3 Å². The van der Waals surface area contributed by atoms with Crippen LogP contribution in [0.15, 0.2) is 0 Å². The summed E-state index contributed by atoms with van der Waals surface area (Å²) in [6.45, 7) is 1.50. The summed E-state index contributed by atoms with van der Waals surface area (Å²) in [4.78, 5) is 0. The third-order valence-electron chi connectivity index (χ3n) is 1.15. The number of aliphatic hydroxyl groups is 2. The van der Waals surface area contributed by atoms with E-state index in [9.17, 15) is 4.57 Å². The minimum atomic E-state index is -2.19. The van der Waals surface area contributed by atoms with Gasteiger partial charge in [0, 0.05) is 25.5 Å². The summed E-state index contributed by atoms with van der Waals surface area (Å²) >= 11 is 0. The van der Waals surface area contributed by atoms with Crippen LogP contribution in [0.2, 0.25) is 0 Å². The zero-order valence-electron chi connectivity index (χ0n) is 5.58. The van der Waals surface area contributed by atoms with Gasteiger partial charge in [0.2, 0.25) is 0 Å². The maximum absolute atomic E-state index is 11.1. The van der Waals surface area contributed by atoms with Crippen LogP contribution in [0, 0.1) is 0 Å². The van der Waals surface area contributed by atoms with Crippen molar-refractivity contribution in [2.45, 2.75) is 0 Å². The van der Waals surface area contributed by atoms with Crippen LogP contribution in [0.4, 0.5) is 0 Å². The van der Waals surface area contributed by atoms with Crippen LogP contribution in [0.25, 0.3) is 0 Å². The molecule has 0 bridgehead atoms. The molecule has 0 spiro atoms. The quantitative estimate of drug-likeness (QED) is 0.556. The van der Waals surface area contributed by atoms with Crippen molar-refractivity contribution in [1.29, 1.82) is 0 Å². The Morgan fingerprint density at radius 3 is 1.78 bits per heavy atom. The molecule has 0 saturated carbocycles. The summed E-state index contributed by atoms with van der Waals surface area (Å²) in [6, 6.07) is 0. The molecule has 0 rings (SSSR count). The number of hydrogen-bond acceptors (Lipinski definition) is 3. The first-order valence-electron chi connectivity index (χ1n) is 2.89. The van der Waals surface area contributed by atoms with E-state index in [-0.39, 0.29) is 13.2 Å². The molecule has 2 N–H and O–H groups in total.